The van der Waals surface area contributed by atoms with Crippen LogP contribution in [0.1, 0.15) is 5.56 Å². The Morgan fingerprint density at radius 1 is 0.750 bits per heavy atom. The maximum absolute atomic E-state index is 14.6. The fourth-order valence-electron chi connectivity index (χ4n) is 6.61. The number of hydrogen-bond acceptors (Lipinski definition) is 9. The van der Waals surface area contributed by atoms with Gasteiger partial charge in [-0.3, -0.25) is 0 Å². The Morgan fingerprint density at radius 2 is 1.33 bits per heavy atom. The van der Waals surface area contributed by atoms with Gasteiger partial charge in [0.1, 0.15) is 10.0 Å². The highest BCUT2D eigenvalue weighted by molar-refractivity contribution is 7.92. The summed E-state index contributed by atoms with van der Waals surface area (Å²) >= 11 is 2.75. The highest BCUT2D eigenvalue weighted by Gasteiger charge is 2.30. The normalized spacial score (nSPS) is 12.0. The molecule has 0 saturated heterocycles. The Bertz CT molecular complexity index is 2920. The molecule has 0 aliphatic heterocycles. The maximum Gasteiger partial charge on any atom is 0.326 e. The third-order valence-corrected chi connectivity index (χ3v) is 12.6. The fraction of sp³-hybridized carbons (Fsp3) is 0.0263. The number of primary amides is 1. The number of fused-ring (bicyclic) bond motifs is 4. The van der Waals surface area contributed by atoms with Crippen LogP contribution in [-0.4, -0.2) is 44.2 Å². The molecule has 9 rings (SSSR count). The molecule has 0 radical (unpaired) electrons. The van der Waals surface area contributed by atoms with E-state index in [2.05, 4.69) is 4.98 Å². The third-order valence-electron chi connectivity index (χ3n) is 8.86. The molecule has 0 fully saturated rings. The zero-order valence-electron chi connectivity index (χ0n) is 26.9. The molecule has 14 heteroatoms. The number of H-pyrrole nitrogens is 1. The molecule has 9 aromatic rings. The maximum atomic E-state index is 14.6. The second-order valence-electron chi connectivity index (χ2n) is 12.1. The van der Waals surface area contributed by atoms with E-state index in [1.807, 2.05) is 54.6 Å². The van der Waals surface area contributed by atoms with Gasteiger partial charge in [0.2, 0.25) is 15.9 Å². The van der Waals surface area contributed by atoms with E-state index in [0.717, 1.165) is 19.5 Å². The van der Waals surface area contributed by atoms with Crippen molar-refractivity contribution in [2.24, 2.45) is 5.73 Å². The lowest BCUT2D eigenvalue weighted by molar-refractivity contribution is 0.248. The molecule has 5 N–H and O–H groups in total. The monoisotopic (exact) mass is 742 g/mol. The summed E-state index contributed by atoms with van der Waals surface area (Å²) in [6.45, 7) is 0. The number of hydrogen-bond donors (Lipinski definition) is 4. The molecule has 0 bridgehead atoms. The first-order chi connectivity index (χ1) is 25.2. The Hall–Kier alpha value is -6.22. The molecule has 4 aromatic heterocycles. The van der Waals surface area contributed by atoms with Crippen LogP contribution in [0.15, 0.2) is 115 Å². The number of carbonyl (C=O) groups excluding carboxylic acids is 1. The largest absolute Gasteiger partial charge is 0.494 e. The zero-order chi connectivity index (χ0) is 35.7. The van der Waals surface area contributed by atoms with Crippen LogP contribution in [0.2, 0.25) is 0 Å². The van der Waals surface area contributed by atoms with Crippen molar-refractivity contribution in [3.05, 3.63) is 121 Å². The topological polar surface area (TPSA) is 167 Å². The molecule has 11 nitrogen and oxygen atoms in total. The van der Waals surface area contributed by atoms with E-state index in [0.29, 0.717) is 48.6 Å². The van der Waals surface area contributed by atoms with Crippen LogP contribution in [0.4, 0.5) is 16.2 Å². The molecule has 0 unspecified atom stereocenters. The first kappa shape index (κ1) is 31.7. The minimum absolute atomic E-state index is 0.0879. The van der Waals surface area contributed by atoms with Crippen LogP contribution in [0.3, 0.4) is 0 Å². The van der Waals surface area contributed by atoms with E-state index < -0.39 is 21.9 Å². The molecule has 1 amide bonds. The minimum atomic E-state index is -4.15. The number of carbonyl (C=O) groups is 1. The number of para-hydroxylation sites is 2. The van der Waals surface area contributed by atoms with Gasteiger partial charge >= 0.3 is 6.03 Å². The number of aromatic nitrogens is 4. The summed E-state index contributed by atoms with van der Waals surface area (Å²) in [6.07, 6.45) is 0. The fourth-order valence-corrected chi connectivity index (χ4v) is 10.3. The summed E-state index contributed by atoms with van der Waals surface area (Å²) < 4.78 is 33.3. The van der Waals surface area contributed by atoms with Crippen LogP contribution in [0, 0.1) is 0 Å². The summed E-state index contributed by atoms with van der Waals surface area (Å²) in [6, 6.07) is 32.9. The Kier molecular flexibility index (Phi) is 7.29. The molecule has 52 heavy (non-hydrogen) atoms. The zero-order valence-corrected chi connectivity index (χ0v) is 29.3. The molecule has 5 aromatic carbocycles. The Balaban J connectivity index is 1.27. The van der Waals surface area contributed by atoms with Gasteiger partial charge in [-0.2, -0.15) is 0 Å². The van der Waals surface area contributed by atoms with Gasteiger partial charge in [-0.25, -0.2) is 32.1 Å². The van der Waals surface area contributed by atoms with E-state index in [1.54, 1.807) is 60.7 Å². The molecule has 0 aliphatic rings. The number of aromatic amines is 1. The molecular weight excluding hydrogens is 717 g/mol. The Morgan fingerprint density at radius 3 is 1.96 bits per heavy atom. The van der Waals surface area contributed by atoms with Crippen LogP contribution >= 0.6 is 22.7 Å². The van der Waals surface area contributed by atoms with Gasteiger partial charge in [0.15, 0.2) is 5.88 Å². The smallest absolute Gasteiger partial charge is 0.326 e. The van der Waals surface area contributed by atoms with Crippen LogP contribution in [0.25, 0.3) is 63.4 Å². The van der Waals surface area contributed by atoms with Gasteiger partial charge in [0, 0.05) is 16.3 Å². The number of thiazole rings is 2. The lowest BCUT2D eigenvalue weighted by Crippen LogP contribution is -2.27. The number of nitrogens with zero attached hydrogens (tertiary/aromatic N) is 4. The quantitative estimate of drug-likeness (QED) is 0.127. The molecule has 0 atom stereocenters. The van der Waals surface area contributed by atoms with Crippen molar-refractivity contribution in [3.8, 4) is 32.9 Å². The standard InChI is InChI=1S/C38H26N6O5S3/c39-38(47)43-29-17-15-23(19-25(29)33(37(43)46)36-42-28-11-5-7-13-31(28)51-36)44(52(48,49)20-21-8-2-1-3-9-21)22-14-16-26-24(18-22)32(34(45)40-26)35-41-27-10-4-6-12-30(27)50-35/h1-19,40,45-46H,20H2,(H2,39,47). The van der Waals surface area contributed by atoms with Crippen LogP contribution in [0.5, 0.6) is 11.8 Å². The molecule has 0 saturated carbocycles. The molecule has 0 aliphatic carbocycles. The molecule has 0 spiro atoms. The number of amides is 1. The van der Waals surface area contributed by atoms with Crippen LogP contribution in [-0.2, 0) is 15.8 Å². The van der Waals surface area contributed by atoms with Crippen molar-refractivity contribution in [1.82, 2.24) is 19.5 Å². The van der Waals surface area contributed by atoms with Gasteiger partial charge in [-0.05, 0) is 66.2 Å². The predicted molar refractivity (Wildman–Crippen MR) is 207 cm³/mol. The lowest BCUT2D eigenvalue weighted by Gasteiger charge is -2.25. The number of rotatable bonds is 7. The van der Waals surface area contributed by atoms with E-state index in [1.165, 1.54) is 27.0 Å². The van der Waals surface area contributed by atoms with Crippen molar-refractivity contribution in [2.75, 3.05) is 4.31 Å². The van der Waals surface area contributed by atoms with Crippen molar-refractivity contribution in [3.63, 3.8) is 0 Å². The average molecular weight is 743 g/mol. The van der Waals surface area contributed by atoms with Gasteiger partial charge < -0.3 is 20.9 Å². The van der Waals surface area contributed by atoms with Crippen LogP contribution < -0.4 is 10.0 Å². The highest BCUT2D eigenvalue weighted by atomic mass is 32.2. The van der Waals surface area contributed by atoms with Gasteiger partial charge in [-0.15, -0.1) is 22.7 Å². The number of anilines is 2. The summed E-state index contributed by atoms with van der Waals surface area (Å²) in [5.74, 6) is -0.817. The number of nitrogens with one attached hydrogen (secondary N) is 1. The third kappa shape index (κ3) is 5.15. The number of nitrogens with two attached hydrogens (primary N) is 1. The van der Waals surface area contributed by atoms with E-state index in [-0.39, 0.29) is 28.4 Å². The molecular formula is C38H26N6O5S3. The number of sulfonamides is 1. The van der Waals surface area contributed by atoms with Crippen molar-refractivity contribution in [1.29, 1.82) is 0 Å². The Labute approximate surface area is 303 Å². The van der Waals surface area contributed by atoms with Crippen molar-refractivity contribution >= 4 is 92.3 Å². The second kappa shape index (κ2) is 11.9. The van der Waals surface area contributed by atoms with E-state index >= 15 is 0 Å². The van der Waals surface area contributed by atoms with Crippen molar-refractivity contribution < 1.29 is 23.4 Å². The molecule has 256 valence electrons. The van der Waals surface area contributed by atoms with Crippen molar-refractivity contribution in [2.45, 2.75) is 5.75 Å². The van der Waals surface area contributed by atoms with Gasteiger partial charge in [-0.1, -0.05) is 54.6 Å². The number of aromatic hydroxyl groups is 2. The van der Waals surface area contributed by atoms with E-state index in [4.69, 9.17) is 15.7 Å². The highest BCUT2D eigenvalue weighted by Crippen LogP contribution is 2.46. The van der Waals surface area contributed by atoms with Gasteiger partial charge in [0.05, 0.1) is 54.2 Å². The summed E-state index contributed by atoms with van der Waals surface area (Å²) in [7, 11) is -4.15. The average Bonchev–Trinajstić information content (AvgIpc) is 3.88. The summed E-state index contributed by atoms with van der Waals surface area (Å²) in [5.41, 5.74) is 9.93. The lowest BCUT2D eigenvalue weighted by atomic mass is 10.1. The van der Waals surface area contributed by atoms with Gasteiger partial charge in [0.25, 0.3) is 0 Å². The minimum Gasteiger partial charge on any atom is -0.494 e. The van der Waals surface area contributed by atoms with E-state index in [9.17, 15) is 23.4 Å². The summed E-state index contributed by atoms with van der Waals surface area (Å²) in [5, 5.41) is 24.5. The molecule has 4 heterocycles. The predicted octanol–water partition coefficient (Wildman–Crippen LogP) is 8.68. The number of benzene rings is 5. The second-order valence-corrected chi connectivity index (χ2v) is 16.0. The first-order valence-corrected chi connectivity index (χ1v) is 19.2. The first-order valence-electron chi connectivity index (χ1n) is 16.0. The SMILES string of the molecule is NC(=O)n1c(O)c(-c2nc3ccccc3s2)c2cc(N(c3ccc4[nH]c(O)c(-c5nc6ccccc6s5)c4c3)S(=O)(=O)Cc3ccccc3)ccc21. The summed E-state index contributed by atoms with van der Waals surface area (Å²) in [4.78, 5) is 25.1.